The molecule has 0 spiro atoms. The Hall–Kier alpha value is -1.01. The summed E-state index contributed by atoms with van der Waals surface area (Å²) in [5.74, 6) is 0. The van der Waals surface area contributed by atoms with Crippen molar-refractivity contribution in [2.45, 2.75) is 52.0 Å². The second kappa shape index (κ2) is 8.16. The fraction of sp³-hybridized carbons (Fsp3) is 0.533. The lowest BCUT2D eigenvalue weighted by Gasteiger charge is -2.16. The van der Waals surface area contributed by atoms with Crippen LogP contribution in [0.4, 0.5) is 5.69 Å². The maximum Gasteiger partial charge on any atom is 0.101 e. The van der Waals surface area contributed by atoms with Crippen molar-refractivity contribution in [1.82, 2.24) is 0 Å². The molecule has 0 saturated heterocycles. The number of rotatable bonds is 7. The number of unbranched alkanes of at least 4 members (excludes halogenated alkanes) is 3. The molecule has 0 bridgehead atoms. The van der Waals surface area contributed by atoms with Gasteiger partial charge in [0.15, 0.2) is 0 Å². The molecule has 1 N–H and O–H groups in total. The Balaban J connectivity index is 2.49. The Morgan fingerprint density at radius 3 is 2.78 bits per heavy atom. The quantitative estimate of drug-likeness (QED) is 0.712. The van der Waals surface area contributed by atoms with Crippen molar-refractivity contribution in [1.29, 1.82) is 5.26 Å². The first-order valence-electron chi connectivity index (χ1n) is 6.63. The molecule has 98 valence electrons. The largest absolute Gasteiger partial charge is 0.382 e. The van der Waals surface area contributed by atoms with Crippen LogP contribution in [0.1, 0.15) is 51.5 Å². The highest BCUT2D eigenvalue weighted by molar-refractivity contribution is 9.10. The fourth-order valence-corrected chi connectivity index (χ4v) is 2.31. The van der Waals surface area contributed by atoms with E-state index in [1.54, 1.807) is 0 Å². The van der Waals surface area contributed by atoms with Crippen LogP contribution in [0.3, 0.4) is 0 Å². The van der Waals surface area contributed by atoms with Crippen LogP contribution in [0.2, 0.25) is 0 Å². The fourth-order valence-electron chi connectivity index (χ4n) is 1.95. The highest BCUT2D eigenvalue weighted by Crippen LogP contribution is 2.21. The molecular weight excluding hydrogens is 288 g/mol. The molecule has 0 saturated carbocycles. The number of benzene rings is 1. The number of hydrogen-bond acceptors (Lipinski definition) is 2. The van der Waals surface area contributed by atoms with Gasteiger partial charge in [-0.2, -0.15) is 5.26 Å². The van der Waals surface area contributed by atoms with Crippen molar-refractivity contribution in [3.05, 3.63) is 28.2 Å². The summed E-state index contributed by atoms with van der Waals surface area (Å²) in [5, 5.41) is 12.5. The van der Waals surface area contributed by atoms with Gasteiger partial charge in [-0.25, -0.2) is 0 Å². The zero-order chi connectivity index (χ0) is 13.4. The summed E-state index contributed by atoms with van der Waals surface area (Å²) in [6.07, 6.45) is 6.29. The predicted octanol–water partition coefficient (Wildman–Crippen LogP) is 5.09. The highest BCUT2D eigenvalue weighted by atomic mass is 79.9. The summed E-state index contributed by atoms with van der Waals surface area (Å²) in [4.78, 5) is 0. The average Bonchev–Trinajstić information content (AvgIpc) is 2.37. The number of nitrogens with zero attached hydrogens (tertiary/aromatic N) is 1. The molecule has 0 radical (unpaired) electrons. The zero-order valence-corrected chi connectivity index (χ0v) is 12.8. The van der Waals surface area contributed by atoms with Gasteiger partial charge in [0.1, 0.15) is 6.07 Å². The maximum atomic E-state index is 9.09. The van der Waals surface area contributed by atoms with Gasteiger partial charge in [-0.3, -0.25) is 0 Å². The monoisotopic (exact) mass is 308 g/mol. The van der Waals surface area contributed by atoms with E-state index in [0.717, 1.165) is 16.6 Å². The van der Waals surface area contributed by atoms with Crippen molar-refractivity contribution >= 4 is 21.6 Å². The molecule has 0 aliphatic heterocycles. The lowest BCUT2D eigenvalue weighted by molar-refractivity contribution is 0.594. The van der Waals surface area contributed by atoms with Gasteiger partial charge >= 0.3 is 0 Å². The van der Waals surface area contributed by atoms with E-state index >= 15 is 0 Å². The van der Waals surface area contributed by atoms with Gasteiger partial charge < -0.3 is 5.32 Å². The SMILES string of the molecule is CCCCCCC(C)Nc1ccc(Br)cc1C#N. The normalized spacial score (nSPS) is 11.9. The third-order valence-electron chi connectivity index (χ3n) is 2.99. The second-order valence-electron chi connectivity index (χ2n) is 4.70. The van der Waals surface area contributed by atoms with Gasteiger partial charge in [-0.15, -0.1) is 0 Å². The molecule has 0 fully saturated rings. The van der Waals surface area contributed by atoms with Crippen molar-refractivity contribution in [2.75, 3.05) is 5.32 Å². The molecule has 0 amide bonds. The standard InChI is InChI=1S/C15H21BrN2/c1-3-4-5-6-7-12(2)18-15-9-8-14(16)10-13(15)11-17/h8-10,12,18H,3-7H2,1-2H3. The van der Waals surface area contributed by atoms with Crippen LogP contribution in [-0.4, -0.2) is 6.04 Å². The molecule has 3 heteroatoms. The van der Waals surface area contributed by atoms with E-state index in [9.17, 15) is 0 Å². The molecule has 0 aliphatic carbocycles. The van der Waals surface area contributed by atoms with Crippen LogP contribution in [-0.2, 0) is 0 Å². The molecule has 1 aromatic carbocycles. The van der Waals surface area contributed by atoms with Gasteiger partial charge in [0.2, 0.25) is 0 Å². The minimum absolute atomic E-state index is 0.412. The van der Waals surface area contributed by atoms with Crippen LogP contribution in [0.5, 0.6) is 0 Å². The van der Waals surface area contributed by atoms with E-state index in [1.165, 1.54) is 25.7 Å². The van der Waals surface area contributed by atoms with Gasteiger partial charge in [-0.05, 0) is 31.5 Å². The van der Waals surface area contributed by atoms with Crippen LogP contribution in [0.25, 0.3) is 0 Å². The van der Waals surface area contributed by atoms with Crippen molar-refractivity contribution in [2.24, 2.45) is 0 Å². The Morgan fingerprint density at radius 2 is 2.11 bits per heavy atom. The van der Waals surface area contributed by atoms with Crippen LogP contribution >= 0.6 is 15.9 Å². The van der Waals surface area contributed by atoms with Crippen LogP contribution in [0.15, 0.2) is 22.7 Å². The van der Waals surface area contributed by atoms with Crippen molar-refractivity contribution in [3.63, 3.8) is 0 Å². The van der Waals surface area contributed by atoms with Gasteiger partial charge in [0, 0.05) is 10.5 Å². The molecule has 18 heavy (non-hydrogen) atoms. The first-order valence-corrected chi connectivity index (χ1v) is 7.43. The second-order valence-corrected chi connectivity index (χ2v) is 5.61. The number of nitrogens with one attached hydrogen (secondary N) is 1. The molecule has 0 aromatic heterocycles. The van der Waals surface area contributed by atoms with E-state index in [-0.39, 0.29) is 0 Å². The molecule has 0 heterocycles. The Morgan fingerprint density at radius 1 is 1.33 bits per heavy atom. The third-order valence-corrected chi connectivity index (χ3v) is 3.49. The topological polar surface area (TPSA) is 35.8 Å². The maximum absolute atomic E-state index is 9.09. The lowest BCUT2D eigenvalue weighted by atomic mass is 10.1. The lowest BCUT2D eigenvalue weighted by Crippen LogP contribution is -2.15. The summed E-state index contributed by atoms with van der Waals surface area (Å²) in [6.45, 7) is 4.40. The number of nitriles is 1. The van der Waals surface area contributed by atoms with Crippen LogP contribution < -0.4 is 5.32 Å². The molecule has 2 nitrogen and oxygen atoms in total. The first kappa shape index (κ1) is 15.0. The summed E-state index contributed by atoms with van der Waals surface area (Å²) < 4.78 is 0.945. The van der Waals surface area contributed by atoms with Crippen molar-refractivity contribution < 1.29 is 0 Å². The van der Waals surface area contributed by atoms with E-state index in [4.69, 9.17) is 5.26 Å². The Bertz CT molecular complexity index is 409. The number of anilines is 1. The molecule has 1 atom stereocenters. The molecule has 0 aliphatic rings. The van der Waals surface area contributed by atoms with Gasteiger partial charge in [0.05, 0.1) is 11.3 Å². The summed E-state index contributed by atoms with van der Waals surface area (Å²) in [6, 6.07) is 8.42. The summed E-state index contributed by atoms with van der Waals surface area (Å²) >= 11 is 3.38. The average molecular weight is 309 g/mol. The minimum atomic E-state index is 0.412. The summed E-state index contributed by atoms with van der Waals surface area (Å²) in [7, 11) is 0. The first-order chi connectivity index (χ1) is 8.67. The smallest absolute Gasteiger partial charge is 0.101 e. The Labute approximate surface area is 119 Å². The van der Waals surface area contributed by atoms with E-state index in [1.807, 2.05) is 18.2 Å². The van der Waals surface area contributed by atoms with E-state index in [2.05, 4.69) is 41.2 Å². The number of hydrogen-bond donors (Lipinski definition) is 1. The number of halogens is 1. The van der Waals surface area contributed by atoms with Crippen molar-refractivity contribution in [3.8, 4) is 6.07 Å². The van der Waals surface area contributed by atoms with Crippen LogP contribution in [0, 0.1) is 11.3 Å². The molecular formula is C15H21BrN2. The van der Waals surface area contributed by atoms with E-state index < -0.39 is 0 Å². The molecule has 1 rings (SSSR count). The summed E-state index contributed by atoms with van der Waals surface area (Å²) in [5.41, 5.74) is 1.63. The van der Waals surface area contributed by atoms with Gasteiger partial charge in [0.25, 0.3) is 0 Å². The molecule has 1 aromatic rings. The zero-order valence-electron chi connectivity index (χ0n) is 11.2. The third kappa shape index (κ3) is 5.10. The predicted molar refractivity (Wildman–Crippen MR) is 80.7 cm³/mol. The molecule has 1 unspecified atom stereocenters. The van der Waals surface area contributed by atoms with Gasteiger partial charge in [-0.1, -0.05) is 48.5 Å². The minimum Gasteiger partial charge on any atom is -0.382 e. The van der Waals surface area contributed by atoms with E-state index in [0.29, 0.717) is 11.6 Å². The Kier molecular flexibility index (Phi) is 6.82. The highest BCUT2D eigenvalue weighted by Gasteiger charge is 2.06.